The largest absolute Gasteiger partial charge is 0.228 e. The number of pyridine rings is 1. The Balaban J connectivity index is 2.79. The highest BCUT2D eigenvalue weighted by Crippen LogP contribution is 2.02. The van der Waals surface area contributed by atoms with Crippen molar-refractivity contribution in [3.05, 3.63) is 35.9 Å². The zero-order valence-corrected chi connectivity index (χ0v) is 7.38. The van der Waals surface area contributed by atoms with Gasteiger partial charge in [-0.2, -0.15) is 4.39 Å². The van der Waals surface area contributed by atoms with Crippen LogP contribution < -0.4 is 0 Å². The van der Waals surface area contributed by atoms with Gasteiger partial charge in [0.1, 0.15) is 0 Å². The Morgan fingerprint density at radius 2 is 2.45 bits per heavy atom. The zero-order valence-electron chi connectivity index (χ0n) is 5.80. The van der Waals surface area contributed by atoms with Crippen molar-refractivity contribution in [2.75, 3.05) is 5.33 Å². The third-order valence-electron chi connectivity index (χ3n) is 1.15. The van der Waals surface area contributed by atoms with Crippen LogP contribution >= 0.6 is 15.9 Å². The Labute approximate surface area is 73.1 Å². The van der Waals surface area contributed by atoms with E-state index in [1.54, 1.807) is 6.07 Å². The van der Waals surface area contributed by atoms with E-state index in [4.69, 9.17) is 0 Å². The second-order valence-electron chi connectivity index (χ2n) is 1.97. The van der Waals surface area contributed by atoms with E-state index in [0.29, 0.717) is 0 Å². The van der Waals surface area contributed by atoms with Gasteiger partial charge < -0.3 is 0 Å². The van der Waals surface area contributed by atoms with Crippen LogP contribution in [0.25, 0.3) is 6.08 Å². The SMILES string of the molecule is Fc1cc(C=CCBr)ccn1. The molecule has 1 aromatic heterocycles. The van der Waals surface area contributed by atoms with Crippen molar-refractivity contribution in [2.24, 2.45) is 0 Å². The lowest BCUT2D eigenvalue weighted by Crippen LogP contribution is -1.81. The highest BCUT2D eigenvalue weighted by Gasteiger charge is 1.89. The average molecular weight is 216 g/mol. The Morgan fingerprint density at radius 3 is 3.09 bits per heavy atom. The Kier molecular flexibility index (Phi) is 3.23. The van der Waals surface area contributed by atoms with Gasteiger partial charge in [0.25, 0.3) is 0 Å². The molecule has 0 spiro atoms. The third kappa shape index (κ3) is 2.80. The normalized spacial score (nSPS) is 10.7. The first kappa shape index (κ1) is 8.40. The molecule has 0 saturated carbocycles. The maximum Gasteiger partial charge on any atom is 0.213 e. The molecule has 11 heavy (non-hydrogen) atoms. The van der Waals surface area contributed by atoms with Gasteiger partial charge in [-0.1, -0.05) is 28.1 Å². The van der Waals surface area contributed by atoms with E-state index >= 15 is 0 Å². The lowest BCUT2D eigenvalue weighted by Gasteiger charge is -1.90. The summed E-state index contributed by atoms with van der Waals surface area (Å²) in [5.74, 6) is -0.443. The van der Waals surface area contributed by atoms with Crippen LogP contribution in [0.15, 0.2) is 24.4 Å². The highest BCUT2D eigenvalue weighted by molar-refractivity contribution is 9.09. The minimum atomic E-state index is -0.443. The van der Waals surface area contributed by atoms with Crippen LogP contribution in [0, 0.1) is 5.95 Å². The Hall–Kier alpha value is -0.700. The van der Waals surface area contributed by atoms with Crippen LogP contribution in [0.1, 0.15) is 5.56 Å². The molecule has 0 fully saturated rings. The Morgan fingerprint density at radius 1 is 1.64 bits per heavy atom. The van der Waals surface area contributed by atoms with E-state index in [0.717, 1.165) is 10.9 Å². The maximum absolute atomic E-state index is 12.4. The summed E-state index contributed by atoms with van der Waals surface area (Å²) >= 11 is 3.23. The molecule has 0 aliphatic rings. The summed E-state index contributed by atoms with van der Waals surface area (Å²) in [5.41, 5.74) is 0.831. The first-order valence-electron chi connectivity index (χ1n) is 3.17. The number of allylic oxidation sites excluding steroid dienone is 1. The van der Waals surface area contributed by atoms with Crippen molar-refractivity contribution in [2.45, 2.75) is 0 Å². The van der Waals surface area contributed by atoms with Crippen molar-refractivity contribution in [1.29, 1.82) is 0 Å². The predicted octanol–water partition coefficient (Wildman–Crippen LogP) is 2.63. The maximum atomic E-state index is 12.4. The number of hydrogen-bond donors (Lipinski definition) is 0. The smallest absolute Gasteiger partial charge is 0.213 e. The van der Waals surface area contributed by atoms with E-state index in [1.165, 1.54) is 12.3 Å². The third-order valence-corrected chi connectivity index (χ3v) is 1.52. The zero-order chi connectivity index (χ0) is 8.10. The van der Waals surface area contributed by atoms with E-state index in [1.807, 2.05) is 12.2 Å². The van der Waals surface area contributed by atoms with E-state index in [-0.39, 0.29) is 0 Å². The quantitative estimate of drug-likeness (QED) is 0.547. The summed E-state index contributed by atoms with van der Waals surface area (Å²) in [6.45, 7) is 0. The van der Waals surface area contributed by atoms with Crippen molar-refractivity contribution in [1.82, 2.24) is 4.98 Å². The number of alkyl halides is 1. The average Bonchev–Trinajstić information content (AvgIpc) is 2.01. The van der Waals surface area contributed by atoms with Crippen LogP contribution in [0.3, 0.4) is 0 Å². The summed E-state index contributed by atoms with van der Waals surface area (Å²) in [5, 5.41) is 0.775. The fraction of sp³-hybridized carbons (Fsp3) is 0.125. The molecule has 0 unspecified atom stereocenters. The van der Waals surface area contributed by atoms with Crippen LogP contribution in [-0.2, 0) is 0 Å². The molecule has 58 valence electrons. The molecule has 0 aliphatic carbocycles. The molecule has 0 aliphatic heterocycles. The minimum Gasteiger partial charge on any atom is -0.228 e. The fourth-order valence-electron chi connectivity index (χ4n) is 0.702. The van der Waals surface area contributed by atoms with Gasteiger partial charge in [-0.05, 0) is 11.6 Å². The minimum absolute atomic E-state index is 0.443. The molecule has 3 heteroatoms. The molecule has 0 bridgehead atoms. The van der Waals surface area contributed by atoms with Crippen LogP contribution in [0.2, 0.25) is 0 Å². The first-order chi connectivity index (χ1) is 5.33. The molecule has 1 aromatic rings. The first-order valence-corrected chi connectivity index (χ1v) is 4.29. The fourth-order valence-corrected chi connectivity index (χ4v) is 0.889. The Bertz CT molecular complexity index is 260. The molecular weight excluding hydrogens is 209 g/mol. The molecule has 1 heterocycles. The van der Waals surface area contributed by atoms with Gasteiger partial charge in [0.15, 0.2) is 0 Å². The molecule has 0 saturated heterocycles. The van der Waals surface area contributed by atoms with E-state index in [2.05, 4.69) is 20.9 Å². The topological polar surface area (TPSA) is 12.9 Å². The van der Waals surface area contributed by atoms with Gasteiger partial charge in [-0.25, -0.2) is 4.98 Å². The van der Waals surface area contributed by atoms with Gasteiger partial charge in [0.05, 0.1) is 0 Å². The summed E-state index contributed by atoms with van der Waals surface area (Å²) in [4.78, 5) is 3.44. The monoisotopic (exact) mass is 215 g/mol. The number of hydrogen-bond acceptors (Lipinski definition) is 1. The number of halogens is 2. The van der Waals surface area contributed by atoms with Crippen molar-refractivity contribution in [3.8, 4) is 0 Å². The second kappa shape index (κ2) is 4.23. The second-order valence-corrected chi connectivity index (χ2v) is 2.62. The molecule has 1 nitrogen and oxygen atoms in total. The summed E-state index contributed by atoms with van der Waals surface area (Å²) in [7, 11) is 0. The lowest BCUT2D eigenvalue weighted by atomic mass is 10.2. The predicted molar refractivity (Wildman–Crippen MR) is 47.0 cm³/mol. The molecule has 0 radical (unpaired) electrons. The molecule has 0 aromatic carbocycles. The van der Waals surface area contributed by atoms with Gasteiger partial charge >= 0.3 is 0 Å². The number of nitrogens with zero attached hydrogens (tertiary/aromatic N) is 1. The van der Waals surface area contributed by atoms with Gasteiger partial charge in [0, 0.05) is 17.6 Å². The summed E-state index contributed by atoms with van der Waals surface area (Å²) in [6.07, 6.45) is 5.18. The van der Waals surface area contributed by atoms with E-state index in [9.17, 15) is 4.39 Å². The molecule has 0 N–H and O–H groups in total. The standard InChI is InChI=1S/C8H7BrFN/c9-4-1-2-7-3-5-11-8(10)6-7/h1-3,5-6H,4H2. The number of aromatic nitrogens is 1. The van der Waals surface area contributed by atoms with Crippen molar-refractivity contribution >= 4 is 22.0 Å². The van der Waals surface area contributed by atoms with E-state index < -0.39 is 5.95 Å². The molecule has 0 amide bonds. The van der Waals surface area contributed by atoms with Gasteiger partial charge in [-0.3, -0.25) is 0 Å². The lowest BCUT2D eigenvalue weighted by molar-refractivity contribution is 0.583. The summed E-state index contributed by atoms with van der Waals surface area (Å²) < 4.78 is 12.4. The highest BCUT2D eigenvalue weighted by atomic mass is 79.9. The number of rotatable bonds is 2. The molecular formula is C8H7BrFN. The van der Waals surface area contributed by atoms with Crippen LogP contribution in [0.4, 0.5) is 4.39 Å². The van der Waals surface area contributed by atoms with Gasteiger partial charge in [0.2, 0.25) is 5.95 Å². The van der Waals surface area contributed by atoms with Crippen LogP contribution in [-0.4, -0.2) is 10.3 Å². The van der Waals surface area contributed by atoms with Crippen LogP contribution in [0.5, 0.6) is 0 Å². The molecule has 0 atom stereocenters. The summed E-state index contributed by atoms with van der Waals surface area (Å²) in [6, 6.07) is 3.14. The van der Waals surface area contributed by atoms with Gasteiger partial charge in [-0.15, -0.1) is 0 Å². The molecule has 1 rings (SSSR count). The van der Waals surface area contributed by atoms with Crippen molar-refractivity contribution < 1.29 is 4.39 Å². The van der Waals surface area contributed by atoms with Crippen molar-refractivity contribution in [3.63, 3.8) is 0 Å².